The average Bonchev–Trinajstić information content (AvgIpc) is 3.31. The third-order valence-corrected chi connectivity index (χ3v) is 6.87. The molecule has 0 saturated carbocycles. The van der Waals surface area contributed by atoms with Gasteiger partial charge in [-0.3, -0.25) is 14.2 Å². The number of amides is 1. The quantitative estimate of drug-likeness (QED) is 0.303. The molecule has 2 aromatic heterocycles. The Kier molecular flexibility index (Phi) is 6.01. The zero-order valence-electron chi connectivity index (χ0n) is 18.2. The molecule has 5 rings (SSSR count). The summed E-state index contributed by atoms with van der Waals surface area (Å²) in [4.78, 5) is 31.4. The van der Waals surface area contributed by atoms with E-state index < -0.39 is 6.04 Å². The van der Waals surface area contributed by atoms with Gasteiger partial charge in [0.05, 0.1) is 11.7 Å². The molecule has 0 aliphatic carbocycles. The van der Waals surface area contributed by atoms with Crippen molar-refractivity contribution in [2.45, 2.75) is 13.0 Å². The van der Waals surface area contributed by atoms with E-state index in [1.807, 2.05) is 47.8 Å². The van der Waals surface area contributed by atoms with Crippen LogP contribution in [0.1, 0.15) is 13.0 Å². The van der Waals surface area contributed by atoms with Crippen LogP contribution in [0.25, 0.3) is 32.5 Å². The molecule has 7 heteroatoms. The second kappa shape index (κ2) is 9.25. The minimum absolute atomic E-state index is 0.243. The van der Waals surface area contributed by atoms with E-state index in [0.29, 0.717) is 20.9 Å². The third kappa shape index (κ3) is 4.25. The highest BCUT2D eigenvalue weighted by molar-refractivity contribution is 7.17. The van der Waals surface area contributed by atoms with Crippen molar-refractivity contribution < 1.29 is 4.79 Å². The van der Waals surface area contributed by atoms with E-state index in [4.69, 9.17) is 11.6 Å². The van der Waals surface area contributed by atoms with Gasteiger partial charge in [0, 0.05) is 21.7 Å². The van der Waals surface area contributed by atoms with Crippen molar-refractivity contribution in [3.05, 3.63) is 106 Å². The second-order valence-electron chi connectivity index (χ2n) is 7.90. The maximum atomic E-state index is 13.4. The zero-order chi connectivity index (χ0) is 23.7. The number of fused-ring (bicyclic) bond motifs is 1. The van der Waals surface area contributed by atoms with E-state index in [1.54, 1.807) is 31.2 Å². The number of rotatable bonds is 5. The first kappa shape index (κ1) is 22.1. The Bertz CT molecular complexity index is 1530. The van der Waals surface area contributed by atoms with Crippen LogP contribution < -0.4 is 10.9 Å². The standard InChI is InChI=1S/C27H20ClN3O2S/c1-17(25(32)30-22-13-11-21(28)12-14-22)31-16-29-26-24(27(31)33)23(15-34-26)20-9-7-19(8-10-20)18-5-3-2-4-6-18/h2-17H,1H3,(H,30,32). The van der Waals surface area contributed by atoms with Crippen LogP contribution in [-0.4, -0.2) is 15.5 Å². The molecule has 0 bridgehead atoms. The molecule has 5 aromatic rings. The van der Waals surface area contributed by atoms with Gasteiger partial charge in [0.15, 0.2) is 0 Å². The van der Waals surface area contributed by atoms with E-state index in [0.717, 1.165) is 22.3 Å². The summed E-state index contributed by atoms with van der Waals surface area (Å²) in [5, 5.41) is 5.87. The number of nitrogens with zero attached hydrogens (tertiary/aromatic N) is 2. The molecule has 1 amide bonds. The summed E-state index contributed by atoms with van der Waals surface area (Å²) in [5.74, 6) is -0.311. The number of carbonyl (C=O) groups is 1. The summed E-state index contributed by atoms with van der Waals surface area (Å²) in [7, 11) is 0. The monoisotopic (exact) mass is 485 g/mol. The van der Waals surface area contributed by atoms with Crippen LogP contribution in [0, 0.1) is 0 Å². The maximum Gasteiger partial charge on any atom is 0.263 e. The van der Waals surface area contributed by atoms with E-state index in [2.05, 4.69) is 22.4 Å². The molecule has 1 atom stereocenters. The topological polar surface area (TPSA) is 64.0 Å². The highest BCUT2D eigenvalue weighted by Gasteiger charge is 2.20. The summed E-state index contributed by atoms with van der Waals surface area (Å²) in [6.45, 7) is 1.68. The Labute approximate surface area is 205 Å². The largest absolute Gasteiger partial charge is 0.324 e. The molecule has 168 valence electrons. The van der Waals surface area contributed by atoms with Crippen LogP contribution in [-0.2, 0) is 4.79 Å². The number of carbonyl (C=O) groups excluding carboxylic acids is 1. The summed E-state index contributed by atoms with van der Waals surface area (Å²) < 4.78 is 1.38. The number of aromatic nitrogens is 2. The minimum Gasteiger partial charge on any atom is -0.324 e. The first-order chi connectivity index (χ1) is 16.5. The van der Waals surface area contributed by atoms with Gasteiger partial charge in [-0.2, -0.15) is 0 Å². The van der Waals surface area contributed by atoms with Gasteiger partial charge in [-0.25, -0.2) is 4.98 Å². The molecule has 0 aliphatic rings. The number of halogens is 1. The van der Waals surface area contributed by atoms with Crippen LogP contribution >= 0.6 is 22.9 Å². The van der Waals surface area contributed by atoms with Crippen LogP contribution in [0.15, 0.2) is 95.4 Å². The molecule has 5 nitrogen and oxygen atoms in total. The number of anilines is 1. The Morgan fingerprint density at radius 2 is 1.59 bits per heavy atom. The Morgan fingerprint density at radius 1 is 0.941 bits per heavy atom. The molecule has 0 radical (unpaired) electrons. The number of hydrogen-bond acceptors (Lipinski definition) is 4. The van der Waals surface area contributed by atoms with Crippen molar-refractivity contribution in [2.75, 3.05) is 5.32 Å². The molecule has 3 aromatic carbocycles. The fourth-order valence-corrected chi connectivity index (χ4v) is 4.85. The molecule has 0 fully saturated rings. The highest BCUT2D eigenvalue weighted by atomic mass is 35.5. The van der Waals surface area contributed by atoms with Crippen LogP contribution in [0.4, 0.5) is 5.69 Å². The van der Waals surface area contributed by atoms with Crippen molar-refractivity contribution in [3.63, 3.8) is 0 Å². The molecule has 0 saturated heterocycles. The van der Waals surface area contributed by atoms with Gasteiger partial charge in [0.1, 0.15) is 10.9 Å². The van der Waals surface area contributed by atoms with Crippen LogP contribution in [0.2, 0.25) is 5.02 Å². The fraction of sp³-hybridized carbons (Fsp3) is 0.0741. The van der Waals surface area contributed by atoms with Gasteiger partial charge in [0.25, 0.3) is 5.56 Å². The van der Waals surface area contributed by atoms with Crippen molar-refractivity contribution in [1.29, 1.82) is 0 Å². The Morgan fingerprint density at radius 3 is 2.29 bits per heavy atom. The van der Waals surface area contributed by atoms with Gasteiger partial charge in [-0.05, 0) is 47.9 Å². The van der Waals surface area contributed by atoms with E-state index >= 15 is 0 Å². The zero-order valence-corrected chi connectivity index (χ0v) is 19.8. The van der Waals surface area contributed by atoms with E-state index in [1.165, 1.54) is 22.2 Å². The van der Waals surface area contributed by atoms with Gasteiger partial charge in [0.2, 0.25) is 5.91 Å². The molecule has 0 spiro atoms. The molecule has 0 aliphatic heterocycles. The molecular weight excluding hydrogens is 466 g/mol. The van der Waals surface area contributed by atoms with Crippen LogP contribution in [0.5, 0.6) is 0 Å². The highest BCUT2D eigenvalue weighted by Crippen LogP contribution is 2.32. The lowest BCUT2D eigenvalue weighted by atomic mass is 10.0. The number of benzene rings is 3. The lowest BCUT2D eigenvalue weighted by Gasteiger charge is -2.15. The maximum absolute atomic E-state index is 13.4. The van der Waals surface area contributed by atoms with Gasteiger partial charge >= 0.3 is 0 Å². The van der Waals surface area contributed by atoms with Crippen molar-refractivity contribution in [2.24, 2.45) is 0 Å². The van der Waals surface area contributed by atoms with Crippen molar-refractivity contribution in [1.82, 2.24) is 9.55 Å². The van der Waals surface area contributed by atoms with Crippen molar-refractivity contribution in [3.8, 4) is 22.3 Å². The predicted octanol–water partition coefficient (Wildman–Crippen LogP) is 6.65. The van der Waals surface area contributed by atoms with Crippen LogP contribution in [0.3, 0.4) is 0 Å². The van der Waals surface area contributed by atoms with Gasteiger partial charge in [-0.15, -0.1) is 11.3 Å². The normalized spacial score (nSPS) is 11.9. The lowest BCUT2D eigenvalue weighted by molar-refractivity contribution is -0.118. The summed E-state index contributed by atoms with van der Waals surface area (Å²) >= 11 is 7.33. The number of hydrogen-bond donors (Lipinski definition) is 1. The van der Waals surface area contributed by atoms with Crippen molar-refractivity contribution >= 4 is 44.7 Å². The van der Waals surface area contributed by atoms with E-state index in [-0.39, 0.29) is 11.5 Å². The number of thiophene rings is 1. The number of nitrogens with one attached hydrogen (secondary N) is 1. The molecule has 34 heavy (non-hydrogen) atoms. The Hall–Kier alpha value is -3.74. The SMILES string of the molecule is CC(C(=O)Nc1ccc(Cl)cc1)n1cnc2scc(-c3ccc(-c4ccccc4)cc3)c2c1=O. The first-order valence-electron chi connectivity index (χ1n) is 10.7. The fourth-order valence-electron chi connectivity index (χ4n) is 3.81. The smallest absolute Gasteiger partial charge is 0.263 e. The molecular formula is C27H20ClN3O2S. The average molecular weight is 486 g/mol. The lowest BCUT2D eigenvalue weighted by Crippen LogP contribution is -2.31. The minimum atomic E-state index is -0.742. The summed E-state index contributed by atoms with van der Waals surface area (Å²) in [6.07, 6.45) is 1.44. The second-order valence-corrected chi connectivity index (χ2v) is 9.20. The van der Waals surface area contributed by atoms with Gasteiger partial charge < -0.3 is 5.32 Å². The molecule has 2 heterocycles. The van der Waals surface area contributed by atoms with Gasteiger partial charge in [-0.1, -0.05) is 66.2 Å². The molecule has 1 N–H and O–H groups in total. The first-order valence-corrected chi connectivity index (χ1v) is 12.0. The summed E-state index contributed by atoms with van der Waals surface area (Å²) in [6, 6.07) is 24.3. The predicted molar refractivity (Wildman–Crippen MR) is 140 cm³/mol. The Balaban J connectivity index is 1.47. The summed E-state index contributed by atoms with van der Waals surface area (Å²) in [5.41, 5.74) is 4.35. The molecule has 1 unspecified atom stereocenters. The third-order valence-electron chi connectivity index (χ3n) is 5.73. The van der Waals surface area contributed by atoms with E-state index in [9.17, 15) is 9.59 Å².